The molecule has 1 unspecified atom stereocenters. The number of carbonyl (C=O) groups is 2. The number of morpholine rings is 1. The molecular formula is C21H24N4O4. The fourth-order valence-electron chi connectivity index (χ4n) is 3.65. The summed E-state index contributed by atoms with van der Waals surface area (Å²) < 4.78 is 10.7. The number of hydrogen-bond donors (Lipinski definition) is 1. The van der Waals surface area contributed by atoms with Crippen molar-refractivity contribution in [1.29, 1.82) is 0 Å². The van der Waals surface area contributed by atoms with Gasteiger partial charge >= 0.3 is 0 Å². The van der Waals surface area contributed by atoms with Crippen LogP contribution in [0.4, 0.5) is 17.2 Å². The number of carbonyl (C=O) groups excluding carboxylic acids is 2. The van der Waals surface area contributed by atoms with Crippen molar-refractivity contribution in [3.63, 3.8) is 0 Å². The molecule has 2 fully saturated rings. The number of anilines is 3. The van der Waals surface area contributed by atoms with Gasteiger partial charge in [-0.2, -0.15) is 0 Å². The molecule has 0 spiro atoms. The molecule has 152 valence electrons. The van der Waals surface area contributed by atoms with Crippen LogP contribution in [0.5, 0.6) is 5.75 Å². The Labute approximate surface area is 169 Å². The van der Waals surface area contributed by atoms with E-state index >= 15 is 0 Å². The molecule has 0 saturated carbocycles. The zero-order chi connectivity index (χ0) is 20.2. The van der Waals surface area contributed by atoms with Crippen molar-refractivity contribution in [2.75, 3.05) is 55.1 Å². The normalized spacial score (nSPS) is 19.3. The van der Waals surface area contributed by atoms with E-state index in [9.17, 15) is 9.59 Å². The Balaban J connectivity index is 1.39. The van der Waals surface area contributed by atoms with Gasteiger partial charge in [0.05, 0.1) is 43.8 Å². The molecule has 2 saturated heterocycles. The summed E-state index contributed by atoms with van der Waals surface area (Å²) >= 11 is 0. The van der Waals surface area contributed by atoms with Crippen LogP contribution in [-0.2, 0) is 14.3 Å². The lowest BCUT2D eigenvalue weighted by Gasteiger charge is -2.27. The molecule has 1 aromatic heterocycles. The Morgan fingerprint density at radius 1 is 1.21 bits per heavy atom. The first-order valence-corrected chi connectivity index (χ1v) is 9.68. The van der Waals surface area contributed by atoms with Crippen LogP contribution in [0, 0.1) is 5.92 Å². The van der Waals surface area contributed by atoms with Crippen LogP contribution in [-0.4, -0.2) is 56.8 Å². The van der Waals surface area contributed by atoms with Crippen LogP contribution in [0.3, 0.4) is 0 Å². The molecule has 29 heavy (non-hydrogen) atoms. The van der Waals surface area contributed by atoms with Crippen LogP contribution in [0.1, 0.15) is 6.42 Å². The number of benzene rings is 1. The highest BCUT2D eigenvalue weighted by atomic mass is 16.5. The van der Waals surface area contributed by atoms with Gasteiger partial charge in [0.2, 0.25) is 11.8 Å². The number of para-hydroxylation sites is 2. The molecule has 2 aliphatic heterocycles. The Morgan fingerprint density at radius 3 is 2.72 bits per heavy atom. The lowest BCUT2D eigenvalue weighted by atomic mass is 10.1. The van der Waals surface area contributed by atoms with Crippen molar-refractivity contribution in [1.82, 2.24) is 4.98 Å². The lowest BCUT2D eigenvalue weighted by molar-refractivity contribution is -0.122. The first-order chi connectivity index (χ1) is 14.2. The predicted molar refractivity (Wildman–Crippen MR) is 109 cm³/mol. The summed E-state index contributed by atoms with van der Waals surface area (Å²) in [6.45, 7) is 3.32. The molecule has 1 atom stereocenters. The van der Waals surface area contributed by atoms with Gasteiger partial charge in [0, 0.05) is 26.1 Å². The zero-order valence-corrected chi connectivity index (χ0v) is 16.3. The van der Waals surface area contributed by atoms with Gasteiger partial charge in [0.15, 0.2) is 0 Å². The Bertz CT molecular complexity index is 881. The van der Waals surface area contributed by atoms with Gasteiger partial charge in [-0.25, -0.2) is 4.98 Å². The summed E-state index contributed by atoms with van der Waals surface area (Å²) in [4.78, 5) is 33.4. The average molecular weight is 396 g/mol. The number of ether oxygens (including phenoxy) is 2. The molecular weight excluding hydrogens is 372 g/mol. The van der Waals surface area contributed by atoms with E-state index in [1.54, 1.807) is 24.3 Å². The minimum absolute atomic E-state index is 0.0876. The van der Waals surface area contributed by atoms with Crippen molar-refractivity contribution in [3.05, 3.63) is 42.6 Å². The molecule has 0 bridgehead atoms. The number of aromatic nitrogens is 1. The average Bonchev–Trinajstić information content (AvgIpc) is 3.16. The van der Waals surface area contributed by atoms with Gasteiger partial charge in [0.25, 0.3) is 0 Å². The van der Waals surface area contributed by atoms with E-state index in [0.717, 1.165) is 18.9 Å². The van der Waals surface area contributed by atoms with Crippen molar-refractivity contribution >= 4 is 29.0 Å². The maximum atomic E-state index is 12.7. The van der Waals surface area contributed by atoms with Crippen LogP contribution < -0.4 is 19.9 Å². The van der Waals surface area contributed by atoms with Crippen molar-refractivity contribution in [2.45, 2.75) is 6.42 Å². The fraction of sp³-hybridized carbons (Fsp3) is 0.381. The van der Waals surface area contributed by atoms with Crippen LogP contribution in [0.15, 0.2) is 42.6 Å². The highest BCUT2D eigenvalue weighted by Gasteiger charge is 2.36. The molecule has 3 heterocycles. The Hall–Kier alpha value is -3.13. The molecule has 2 aliphatic rings. The van der Waals surface area contributed by atoms with E-state index < -0.39 is 5.92 Å². The lowest BCUT2D eigenvalue weighted by Crippen LogP contribution is -2.36. The summed E-state index contributed by atoms with van der Waals surface area (Å²) in [6.07, 6.45) is 1.82. The first kappa shape index (κ1) is 19.2. The molecule has 0 aliphatic carbocycles. The SMILES string of the molecule is COc1ccccc1N1CC(C(=O)Nc2ccc(N3CCOCC3)nc2)CC1=O. The first-order valence-electron chi connectivity index (χ1n) is 9.68. The quantitative estimate of drug-likeness (QED) is 0.831. The van der Waals surface area contributed by atoms with E-state index in [4.69, 9.17) is 9.47 Å². The third kappa shape index (κ3) is 4.17. The minimum Gasteiger partial charge on any atom is -0.495 e. The second-order valence-electron chi connectivity index (χ2n) is 7.07. The van der Waals surface area contributed by atoms with Crippen LogP contribution >= 0.6 is 0 Å². The number of rotatable bonds is 5. The van der Waals surface area contributed by atoms with Gasteiger partial charge in [-0.1, -0.05) is 12.1 Å². The molecule has 1 aromatic carbocycles. The Morgan fingerprint density at radius 2 is 2.00 bits per heavy atom. The van der Waals surface area contributed by atoms with Gasteiger partial charge in [-0.15, -0.1) is 0 Å². The van der Waals surface area contributed by atoms with Gasteiger partial charge in [-0.3, -0.25) is 9.59 Å². The maximum Gasteiger partial charge on any atom is 0.229 e. The monoisotopic (exact) mass is 396 g/mol. The standard InChI is InChI=1S/C21H24N4O4/c1-28-18-5-3-2-4-17(18)25-14-15(12-20(25)26)21(27)23-16-6-7-19(22-13-16)24-8-10-29-11-9-24/h2-7,13,15H,8-12,14H2,1H3,(H,23,27). The number of nitrogens with one attached hydrogen (secondary N) is 1. The molecule has 8 nitrogen and oxygen atoms in total. The largest absolute Gasteiger partial charge is 0.495 e. The molecule has 8 heteroatoms. The topological polar surface area (TPSA) is 84.0 Å². The minimum atomic E-state index is -0.425. The molecule has 0 radical (unpaired) electrons. The van der Waals surface area contributed by atoms with E-state index in [-0.39, 0.29) is 18.2 Å². The maximum absolute atomic E-state index is 12.7. The Kier molecular flexibility index (Phi) is 5.62. The summed E-state index contributed by atoms with van der Waals surface area (Å²) in [6, 6.07) is 11.1. The fourth-order valence-corrected chi connectivity index (χ4v) is 3.65. The predicted octanol–water partition coefficient (Wildman–Crippen LogP) is 1.92. The number of pyridine rings is 1. The van der Waals surface area contributed by atoms with E-state index in [1.807, 2.05) is 30.3 Å². The highest BCUT2D eigenvalue weighted by Crippen LogP contribution is 2.33. The van der Waals surface area contributed by atoms with E-state index in [1.165, 1.54) is 0 Å². The highest BCUT2D eigenvalue weighted by molar-refractivity contribution is 6.04. The third-order valence-corrected chi connectivity index (χ3v) is 5.22. The number of amides is 2. The molecule has 2 amide bonds. The number of hydrogen-bond acceptors (Lipinski definition) is 6. The second kappa shape index (κ2) is 8.48. The summed E-state index contributed by atoms with van der Waals surface area (Å²) in [7, 11) is 1.57. The molecule has 1 N–H and O–H groups in total. The zero-order valence-electron chi connectivity index (χ0n) is 16.3. The van der Waals surface area contributed by atoms with Crippen molar-refractivity contribution in [3.8, 4) is 5.75 Å². The summed E-state index contributed by atoms with van der Waals surface area (Å²) in [5.74, 6) is 0.785. The smallest absolute Gasteiger partial charge is 0.229 e. The van der Waals surface area contributed by atoms with Crippen LogP contribution in [0.2, 0.25) is 0 Å². The third-order valence-electron chi connectivity index (χ3n) is 5.22. The second-order valence-corrected chi connectivity index (χ2v) is 7.07. The van der Waals surface area contributed by atoms with E-state index in [2.05, 4.69) is 15.2 Å². The molecule has 4 rings (SSSR count). The van der Waals surface area contributed by atoms with Gasteiger partial charge in [-0.05, 0) is 24.3 Å². The van der Waals surface area contributed by atoms with Crippen molar-refractivity contribution in [2.24, 2.45) is 5.92 Å². The number of methoxy groups -OCH3 is 1. The van der Waals surface area contributed by atoms with Gasteiger partial charge in [0.1, 0.15) is 11.6 Å². The summed E-state index contributed by atoms with van der Waals surface area (Å²) in [5, 5.41) is 2.88. The molecule has 2 aromatic rings. The summed E-state index contributed by atoms with van der Waals surface area (Å²) in [5.41, 5.74) is 1.31. The van der Waals surface area contributed by atoms with Crippen LogP contribution in [0.25, 0.3) is 0 Å². The number of nitrogens with zero attached hydrogens (tertiary/aromatic N) is 3. The van der Waals surface area contributed by atoms with E-state index in [0.29, 0.717) is 36.9 Å². The van der Waals surface area contributed by atoms with Crippen molar-refractivity contribution < 1.29 is 19.1 Å². The van der Waals surface area contributed by atoms with Gasteiger partial charge < -0.3 is 24.6 Å².